The van der Waals surface area contributed by atoms with E-state index in [-0.39, 0.29) is 30.4 Å². The summed E-state index contributed by atoms with van der Waals surface area (Å²) in [6.07, 6.45) is 2.67. The molecule has 3 heterocycles. The number of amides is 1. The zero-order chi connectivity index (χ0) is 21.4. The van der Waals surface area contributed by atoms with Crippen LogP contribution in [0.5, 0.6) is 5.75 Å². The first-order valence-electron chi connectivity index (χ1n) is 9.64. The molecule has 0 aliphatic carbocycles. The van der Waals surface area contributed by atoms with Crippen LogP contribution in [0.1, 0.15) is 29.1 Å². The molecule has 0 N–H and O–H groups in total. The van der Waals surface area contributed by atoms with Crippen LogP contribution in [0.2, 0.25) is 0 Å². The van der Waals surface area contributed by atoms with E-state index < -0.39 is 0 Å². The Morgan fingerprint density at radius 3 is 2.77 bits per heavy atom. The van der Waals surface area contributed by atoms with Gasteiger partial charge in [-0.1, -0.05) is 18.7 Å². The van der Waals surface area contributed by atoms with E-state index in [9.17, 15) is 14.4 Å². The molecular weight excluding hydrogens is 422 g/mol. The molecule has 0 radical (unpaired) electrons. The number of ketones is 1. The van der Waals surface area contributed by atoms with Crippen molar-refractivity contribution in [1.29, 1.82) is 0 Å². The summed E-state index contributed by atoms with van der Waals surface area (Å²) in [6, 6.07) is 6.89. The lowest BCUT2D eigenvalue weighted by molar-refractivity contribution is -0.121. The summed E-state index contributed by atoms with van der Waals surface area (Å²) < 4.78 is 6.90. The highest BCUT2D eigenvalue weighted by atomic mass is 32.2. The molecule has 2 aromatic heterocycles. The second-order valence-corrected chi connectivity index (χ2v) is 8.70. The molecule has 1 aliphatic rings. The molecule has 0 saturated carbocycles. The second-order valence-electron chi connectivity index (χ2n) is 6.81. The van der Waals surface area contributed by atoms with Gasteiger partial charge < -0.3 is 9.64 Å². The number of hydrogen-bond donors (Lipinski definition) is 0. The van der Waals surface area contributed by atoms with Crippen LogP contribution in [0, 0.1) is 0 Å². The summed E-state index contributed by atoms with van der Waals surface area (Å²) in [5.74, 6) is 0.203. The first kappa shape index (κ1) is 20.6. The van der Waals surface area contributed by atoms with Gasteiger partial charge in [0, 0.05) is 17.0 Å². The Morgan fingerprint density at radius 2 is 2.07 bits per heavy atom. The topological polar surface area (TPSA) is 81.5 Å². The monoisotopic (exact) mass is 443 g/mol. The molecule has 0 spiro atoms. The van der Waals surface area contributed by atoms with Crippen molar-refractivity contribution in [3.05, 3.63) is 45.1 Å². The van der Waals surface area contributed by atoms with E-state index in [1.165, 1.54) is 27.7 Å². The minimum Gasteiger partial charge on any atom is -0.482 e. The molecule has 3 aromatic rings. The fraction of sp³-hybridized carbons (Fsp3) is 0.333. The van der Waals surface area contributed by atoms with Gasteiger partial charge in [0.25, 0.3) is 11.5 Å². The van der Waals surface area contributed by atoms with Crippen LogP contribution in [0.25, 0.3) is 10.2 Å². The summed E-state index contributed by atoms with van der Waals surface area (Å²) in [5, 5.41) is 1.06. The zero-order valence-corrected chi connectivity index (χ0v) is 18.6. The van der Waals surface area contributed by atoms with Crippen molar-refractivity contribution in [2.24, 2.45) is 0 Å². The van der Waals surface area contributed by atoms with Gasteiger partial charge >= 0.3 is 0 Å². The quantitative estimate of drug-likeness (QED) is 0.330. The molecule has 1 aliphatic heterocycles. The van der Waals surface area contributed by atoms with Gasteiger partial charge in [0.1, 0.15) is 10.6 Å². The van der Waals surface area contributed by atoms with E-state index in [1.54, 1.807) is 23.1 Å². The number of thioether (sulfide) groups is 1. The number of likely N-dealkylation sites (N-methyl/N-ethyl adjacent to an activating group) is 1. The van der Waals surface area contributed by atoms with Crippen LogP contribution in [0.4, 0.5) is 5.69 Å². The lowest BCUT2D eigenvalue weighted by Gasteiger charge is -2.28. The highest BCUT2D eigenvalue weighted by molar-refractivity contribution is 7.98. The molecule has 30 heavy (non-hydrogen) atoms. The van der Waals surface area contributed by atoms with Gasteiger partial charge in [-0.05, 0) is 43.9 Å². The van der Waals surface area contributed by atoms with Gasteiger partial charge in [-0.2, -0.15) is 0 Å². The zero-order valence-electron chi connectivity index (χ0n) is 16.9. The SMILES string of the molecule is CCc1cc2c(=O)n(CC(=O)c3ccc4c(c3)N(CC)C(=O)CO4)c(SC)nc2s1. The number of ether oxygens (including phenoxy) is 1. The highest BCUT2D eigenvalue weighted by Gasteiger charge is 2.25. The number of carbonyl (C=O) groups excluding carboxylic acids is 2. The van der Waals surface area contributed by atoms with Crippen LogP contribution in [-0.2, 0) is 17.8 Å². The Kier molecular flexibility index (Phi) is 5.66. The predicted molar refractivity (Wildman–Crippen MR) is 119 cm³/mol. The van der Waals surface area contributed by atoms with Gasteiger partial charge in [-0.25, -0.2) is 4.98 Å². The number of rotatable bonds is 6. The maximum absolute atomic E-state index is 13.1. The summed E-state index contributed by atoms with van der Waals surface area (Å²) in [4.78, 5) is 46.2. The Morgan fingerprint density at radius 1 is 1.27 bits per heavy atom. The fourth-order valence-electron chi connectivity index (χ4n) is 3.47. The molecule has 0 bridgehead atoms. The number of Topliss-reactive ketones (excluding diaryl/α,β-unsaturated/α-hetero) is 1. The largest absolute Gasteiger partial charge is 0.482 e. The van der Waals surface area contributed by atoms with E-state index in [2.05, 4.69) is 4.98 Å². The fourth-order valence-corrected chi connectivity index (χ4v) is 5.04. The lowest BCUT2D eigenvalue weighted by Crippen LogP contribution is -2.38. The highest BCUT2D eigenvalue weighted by Crippen LogP contribution is 2.33. The number of hydrogen-bond acceptors (Lipinski definition) is 7. The minimum atomic E-state index is -0.226. The van der Waals surface area contributed by atoms with Gasteiger partial charge in [0.2, 0.25) is 0 Å². The Bertz CT molecular complexity index is 1210. The van der Waals surface area contributed by atoms with Crippen LogP contribution >= 0.6 is 23.1 Å². The van der Waals surface area contributed by atoms with Crippen molar-refractivity contribution in [3.63, 3.8) is 0 Å². The number of thiophene rings is 1. The van der Waals surface area contributed by atoms with E-state index in [4.69, 9.17) is 4.74 Å². The van der Waals surface area contributed by atoms with E-state index >= 15 is 0 Å². The predicted octanol–water partition coefficient (Wildman–Crippen LogP) is 3.37. The van der Waals surface area contributed by atoms with Crippen molar-refractivity contribution in [2.75, 3.05) is 24.3 Å². The molecule has 9 heteroatoms. The average Bonchev–Trinajstić information content (AvgIpc) is 3.18. The van der Waals surface area contributed by atoms with Crippen LogP contribution < -0.4 is 15.2 Å². The molecule has 7 nitrogen and oxygen atoms in total. The normalized spacial score (nSPS) is 13.4. The third-order valence-corrected chi connectivity index (χ3v) is 6.89. The molecule has 4 rings (SSSR count). The van der Waals surface area contributed by atoms with Crippen molar-refractivity contribution in [2.45, 2.75) is 32.0 Å². The molecular formula is C21H21N3O4S2. The molecule has 0 unspecified atom stereocenters. The Labute approximate surface area is 181 Å². The molecule has 0 fully saturated rings. The first-order valence-corrected chi connectivity index (χ1v) is 11.7. The van der Waals surface area contributed by atoms with Crippen LogP contribution in [0.3, 0.4) is 0 Å². The summed E-state index contributed by atoms with van der Waals surface area (Å²) in [7, 11) is 0. The maximum Gasteiger partial charge on any atom is 0.265 e. The van der Waals surface area contributed by atoms with Gasteiger partial charge in [0.05, 0.1) is 17.6 Å². The second kappa shape index (κ2) is 8.23. The lowest BCUT2D eigenvalue weighted by atomic mass is 10.1. The number of anilines is 1. The van der Waals surface area contributed by atoms with Crippen molar-refractivity contribution in [1.82, 2.24) is 9.55 Å². The number of fused-ring (bicyclic) bond motifs is 2. The molecule has 0 saturated heterocycles. The van der Waals surface area contributed by atoms with Crippen LogP contribution in [0.15, 0.2) is 34.2 Å². The number of aryl methyl sites for hydroxylation is 1. The molecule has 1 amide bonds. The standard InChI is InChI=1S/C21H21N3O4S2/c1-4-13-9-14-19(30-13)22-21(29-3)24(20(14)27)10-16(25)12-6-7-17-15(8-12)23(5-2)18(26)11-28-17/h6-9H,4-5,10-11H2,1-3H3. The smallest absolute Gasteiger partial charge is 0.265 e. The van der Waals surface area contributed by atoms with Gasteiger partial charge in [0.15, 0.2) is 17.5 Å². The number of carbonyl (C=O) groups is 2. The minimum absolute atomic E-state index is 0.00726. The number of aromatic nitrogens is 2. The number of benzene rings is 1. The van der Waals surface area contributed by atoms with Gasteiger partial charge in [-0.3, -0.25) is 19.0 Å². The van der Waals surface area contributed by atoms with Crippen molar-refractivity contribution in [3.8, 4) is 5.75 Å². The Hall–Kier alpha value is -2.65. The van der Waals surface area contributed by atoms with E-state index in [0.717, 1.165) is 11.3 Å². The van der Waals surface area contributed by atoms with Crippen molar-refractivity contribution < 1.29 is 14.3 Å². The van der Waals surface area contributed by atoms with E-state index in [0.29, 0.717) is 38.9 Å². The molecule has 1 aromatic carbocycles. The maximum atomic E-state index is 13.1. The molecule has 0 atom stereocenters. The third-order valence-electron chi connectivity index (χ3n) is 5.04. The Balaban J connectivity index is 1.72. The van der Waals surface area contributed by atoms with Gasteiger partial charge in [-0.15, -0.1) is 11.3 Å². The summed E-state index contributed by atoms with van der Waals surface area (Å²) in [6.45, 7) is 4.27. The molecule has 156 valence electrons. The number of nitrogens with zero attached hydrogens (tertiary/aromatic N) is 3. The van der Waals surface area contributed by atoms with Crippen molar-refractivity contribution >= 4 is 50.7 Å². The summed E-state index contributed by atoms with van der Waals surface area (Å²) in [5.41, 5.74) is 0.792. The van der Waals surface area contributed by atoms with E-state index in [1.807, 2.05) is 26.2 Å². The average molecular weight is 444 g/mol. The summed E-state index contributed by atoms with van der Waals surface area (Å²) >= 11 is 2.85. The first-order chi connectivity index (χ1) is 14.5. The van der Waals surface area contributed by atoms with Crippen LogP contribution in [-0.4, -0.2) is 40.6 Å². The third kappa shape index (κ3) is 3.52.